The molecule has 2 aromatic rings. The van der Waals surface area contributed by atoms with E-state index in [1.807, 2.05) is 37.3 Å². The number of carbonyl (C=O) groups excluding carboxylic acids is 1. The first kappa shape index (κ1) is 11.9. The Morgan fingerprint density at radius 3 is 2.70 bits per heavy atom. The predicted molar refractivity (Wildman–Crippen MR) is 76.9 cm³/mol. The van der Waals surface area contributed by atoms with Crippen molar-refractivity contribution in [1.82, 2.24) is 9.78 Å². The molecule has 0 aliphatic heterocycles. The van der Waals surface area contributed by atoms with Crippen LogP contribution in [0.3, 0.4) is 0 Å². The van der Waals surface area contributed by atoms with Gasteiger partial charge >= 0.3 is 0 Å². The first-order valence-electron chi connectivity index (χ1n) is 7.20. The summed E-state index contributed by atoms with van der Waals surface area (Å²) in [6.07, 6.45) is 0.992. The molecule has 0 bridgehead atoms. The summed E-state index contributed by atoms with van der Waals surface area (Å²) in [6.45, 7) is 6.67. The Hall–Kier alpha value is -1.90. The molecule has 3 nitrogen and oxygen atoms in total. The van der Waals surface area contributed by atoms with E-state index in [0.717, 1.165) is 17.8 Å². The number of carbonyl (C=O) groups is 1. The molecule has 2 aliphatic carbocycles. The lowest BCUT2D eigenvalue weighted by Crippen LogP contribution is -2.17. The Balaban J connectivity index is 1.78. The lowest BCUT2D eigenvalue weighted by Gasteiger charge is -2.10. The molecule has 1 fully saturated rings. The standard InChI is InChI=1S/C17H18N2O/c1-10-14-13(9-12-15(14)17(12,2)3)19(18-10)16(20)11-7-5-4-6-8-11/h4-8,12,15H,9H2,1-3H3/t12-,15-/m0/s1. The summed E-state index contributed by atoms with van der Waals surface area (Å²) in [5.41, 5.74) is 4.61. The Bertz CT molecular complexity index is 712. The molecular formula is C17H18N2O. The summed E-state index contributed by atoms with van der Waals surface area (Å²) in [5, 5.41) is 4.52. The van der Waals surface area contributed by atoms with E-state index in [2.05, 4.69) is 18.9 Å². The molecule has 1 aromatic heterocycles. The quantitative estimate of drug-likeness (QED) is 0.794. The van der Waals surface area contributed by atoms with E-state index in [-0.39, 0.29) is 5.91 Å². The van der Waals surface area contributed by atoms with Crippen LogP contribution in [0.15, 0.2) is 30.3 Å². The second-order valence-corrected chi connectivity index (χ2v) is 6.64. The van der Waals surface area contributed by atoms with Crippen molar-refractivity contribution >= 4 is 5.91 Å². The lowest BCUT2D eigenvalue weighted by atomic mass is 9.98. The molecule has 0 saturated heterocycles. The third-order valence-corrected chi connectivity index (χ3v) is 5.19. The van der Waals surface area contributed by atoms with Crippen molar-refractivity contribution in [2.24, 2.45) is 11.3 Å². The van der Waals surface area contributed by atoms with Crippen molar-refractivity contribution in [3.8, 4) is 0 Å². The monoisotopic (exact) mass is 266 g/mol. The smallest absolute Gasteiger partial charge is 0.267 e. The summed E-state index contributed by atoms with van der Waals surface area (Å²) in [7, 11) is 0. The molecule has 0 amide bonds. The van der Waals surface area contributed by atoms with Crippen LogP contribution in [0.25, 0.3) is 0 Å². The molecule has 2 atom stereocenters. The zero-order valence-corrected chi connectivity index (χ0v) is 12.1. The summed E-state index contributed by atoms with van der Waals surface area (Å²) >= 11 is 0. The number of rotatable bonds is 1. The van der Waals surface area contributed by atoms with Gasteiger partial charge in [0.1, 0.15) is 0 Å². The molecule has 20 heavy (non-hydrogen) atoms. The van der Waals surface area contributed by atoms with Gasteiger partial charge in [-0.15, -0.1) is 0 Å². The highest BCUT2D eigenvalue weighted by Gasteiger charge is 2.64. The maximum Gasteiger partial charge on any atom is 0.278 e. The molecule has 0 unspecified atom stereocenters. The van der Waals surface area contributed by atoms with Gasteiger partial charge in [0.15, 0.2) is 0 Å². The number of nitrogens with zero attached hydrogens (tertiary/aromatic N) is 2. The Labute approximate surface area is 118 Å². The SMILES string of the molecule is Cc1nn(C(=O)c2ccccc2)c2c1[C@@H]1[C@H](C2)C1(C)C. The lowest BCUT2D eigenvalue weighted by molar-refractivity contribution is 0.0941. The minimum Gasteiger partial charge on any atom is -0.267 e. The number of hydrogen-bond acceptors (Lipinski definition) is 2. The van der Waals surface area contributed by atoms with Crippen molar-refractivity contribution in [3.05, 3.63) is 52.8 Å². The number of fused-ring (bicyclic) bond motifs is 3. The fourth-order valence-electron chi connectivity index (χ4n) is 3.97. The van der Waals surface area contributed by atoms with Crippen molar-refractivity contribution in [1.29, 1.82) is 0 Å². The summed E-state index contributed by atoms with van der Waals surface area (Å²) in [4.78, 5) is 12.6. The number of benzene rings is 1. The highest BCUT2D eigenvalue weighted by atomic mass is 16.2. The Kier molecular flexibility index (Phi) is 2.14. The topological polar surface area (TPSA) is 34.9 Å². The van der Waals surface area contributed by atoms with E-state index in [4.69, 9.17) is 0 Å². The summed E-state index contributed by atoms with van der Waals surface area (Å²) in [6, 6.07) is 9.42. The summed E-state index contributed by atoms with van der Waals surface area (Å²) in [5.74, 6) is 1.30. The van der Waals surface area contributed by atoms with Crippen LogP contribution in [0.5, 0.6) is 0 Å². The molecule has 1 aromatic carbocycles. The Morgan fingerprint density at radius 2 is 2.00 bits per heavy atom. The van der Waals surface area contributed by atoms with E-state index in [1.54, 1.807) is 4.68 Å². The maximum atomic E-state index is 12.6. The second-order valence-electron chi connectivity index (χ2n) is 6.64. The van der Waals surface area contributed by atoms with Gasteiger partial charge in [-0.2, -0.15) is 5.10 Å². The van der Waals surface area contributed by atoms with Crippen LogP contribution in [0.4, 0.5) is 0 Å². The van der Waals surface area contributed by atoms with Gasteiger partial charge < -0.3 is 0 Å². The van der Waals surface area contributed by atoms with Crippen molar-refractivity contribution in [2.75, 3.05) is 0 Å². The van der Waals surface area contributed by atoms with Gasteiger partial charge in [-0.3, -0.25) is 4.79 Å². The fraction of sp³-hybridized carbons (Fsp3) is 0.412. The third-order valence-electron chi connectivity index (χ3n) is 5.19. The largest absolute Gasteiger partial charge is 0.278 e. The van der Waals surface area contributed by atoms with Gasteiger partial charge in [-0.05, 0) is 42.7 Å². The first-order chi connectivity index (χ1) is 9.51. The molecule has 4 rings (SSSR count). The van der Waals surface area contributed by atoms with Crippen molar-refractivity contribution < 1.29 is 4.79 Å². The number of hydrogen-bond donors (Lipinski definition) is 0. The van der Waals surface area contributed by atoms with E-state index in [9.17, 15) is 4.79 Å². The molecule has 1 saturated carbocycles. The normalized spacial score (nSPS) is 25.1. The van der Waals surface area contributed by atoms with Crippen molar-refractivity contribution in [3.63, 3.8) is 0 Å². The van der Waals surface area contributed by atoms with Gasteiger partial charge in [-0.1, -0.05) is 32.0 Å². The minimum atomic E-state index is -0.00550. The minimum absolute atomic E-state index is 0.00550. The molecule has 102 valence electrons. The average molecular weight is 266 g/mol. The molecular weight excluding hydrogens is 248 g/mol. The molecule has 0 spiro atoms. The van der Waals surface area contributed by atoms with E-state index < -0.39 is 0 Å². The predicted octanol–water partition coefficient (Wildman–Crippen LogP) is 3.18. The van der Waals surface area contributed by atoms with Gasteiger partial charge in [-0.25, -0.2) is 4.68 Å². The van der Waals surface area contributed by atoms with Crippen LogP contribution >= 0.6 is 0 Å². The highest BCUT2D eigenvalue weighted by molar-refractivity contribution is 5.96. The van der Waals surface area contributed by atoms with E-state index in [1.165, 1.54) is 5.56 Å². The van der Waals surface area contributed by atoms with Crippen LogP contribution in [-0.2, 0) is 6.42 Å². The van der Waals surface area contributed by atoms with Gasteiger partial charge in [0.25, 0.3) is 5.91 Å². The van der Waals surface area contributed by atoms with E-state index >= 15 is 0 Å². The summed E-state index contributed by atoms with van der Waals surface area (Å²) < 4.78 is 1.64. The molecule has 3 heteroatoms. The van der Waals surface area contributed by atoms with Crippen LogP contribution in [0, 0.1) is 18.3 Å². The van der Waals surface area contributed by atoms with Crippen LogP contribution in [0.2, 0.25) is 0 Å². The third kappa shape index (κ3) is 1.35. The fourth-order valence-corrected chi connectivity index (χ4v) is 3.97. The van der Waals surface area contributed by atoms with Crippen LogP contribution in [0.1, 0.15) is 47.1 Å². The molecule has 1 heterocycles. The molecule has 0 N–H and O–H groups in total. The zero-order valence-electron chi connectivity index (χ0n) is 12.1. The van der Waals surface area contributed by atoms with Gasteiger partial charge in [0, 0.05) is 11.1 Å². The van der Waals surface area contributed by atoms with Crippen LogP contribution in [-0.4, -0.2) is 15.7 Å². The van der Waals surface area contributed by atoms with Crippen LogP contribution < -0.4 is 0 Å². The first-order valence-corrected chi connectivity index (χ1v) is 7.20. The van der Waals surface area contributed by atoms with Gasteiger partial charge in [0.05, 0.1) is 11.4 Å². The number of aryl methyl sites for hydroxylation is 1. The maximum absolute atomic E-state index is 12.6. The second kappa shape index (κ2) is 3.60. The molecule has 2 aliphatic rings. The Morgan fingerprint density at radius 1 is 1.30 bits per heavy atom. The molecule has 0 radical (unpaired) electrons. The highest BCUT2D eigenvalue weighted by Crippen LogP contribution is 2.70. The van der Waals surface area contributed by atoms with E-state index in [0.29, 0.717) is 22.8 Å². The van der Waals surface area contributed by atoms with Gasteiger partial charge in [0.2, 0.25) is 0 Å². The van der Waals surface area contributed by atoms with Crippen molar-refractivity contribution in [2.45, 2.75) is 33.1 Å². The zero-order chi connectivity index (χ0) is 14.1. The average Bonchev–Trinajstić information content (AvgIpc) is 2.82. The number of aromatic nitrogens is 2.